The largest absolute Gasteiger partial charge is 0.508 e. The van der Waals surface area contributed by atoms with Crippen LogP contribution in [0.5, 0.6) is 34.5 Å². The maximum Gasteiger partial charge on any atom is 0.123 e. The standard InChI is InChI=1S/C38H32O6/c39-29-9-1-23(2-10-29)17-27-21-33-34(35(37(27)43)19-25-5-13-31(41)14-6-25)22-28(18-24-3-11-30(40)12-4-24)38(44)36(33)20-26-7-15-32(42)16-8-26/h1-16,21-22,39-44H,17-20H2. The van der Waals surface area contributed by atoms with Gasteiger partial charge >= 0.3 is 0 Å². The van der Waals surface area contributed by atoms with Gasteiger partial charge in [-0.05, 0) is 105 Å². The van der Waals surface area contributed by atoms with Crippen LogP contribution in [0.25, 0.3) is 10.8 Å². The predicted molar refractivity (Wildman–Crippen MR) is 171 cm³/mol. The van der Waals surface area contributed by atoms with Crippen molar-refractivity contribution in [2.45, 2.75) is 25.7 Å². The van der Waals surface area contributed by atoms with Gasteiger partial charge in [-0.2, -0.15) is 0 Å². The molecule has 0 fully saturated rings. The van der Waals surface area contributed by atoms with Gasteiger partial charge in [0.15, 0.2) is 0 Å². The summed E-state index contributed by atoms with van der Waals surface area (Å²) in [6.07, 6.45) is 1.57. The third-order valence-electron chi connectivity index (χ3n) is 8.05. The van der Waals surface area contributed by atoms with Gasteiger partial charge in [0, 0.05) is 36.8 Å². The van der Waals surface area contributed by atoms with Crippen LogP contribution in [0.2, 0.25) is 0 Å². The molecule has 0 aliphatic rings. The van der Waals surface area contributed by atoms with Crippen LogP contribution >= 0.6 is 0 Å². The van der Waals surface area contributed by atoms with E-state index in [1.54, 1.807) is 48.5 Å². The van der Waals surface area contributed by atoms with Crippen molar-refractivity contribution in [3.05, 3.63) is 154 Å². The molecule has 6 aromatic carbocycles. The fourth-order valence-electron chi connectivity index (χ4n) is 5.71. The molecule has 6 aromatic rings. The topological polar surface area (TPSA) is 121 Å². The molecule has 0 amide bonds. The highest BCUT2D eigenvalue weighted by molar-refractivity contribution is 5.95. The molecule has 0 aliphatic heterocycles. The number of hydrogen-bond acceptors (Lipinski definition) is 6. The quantitative estimate of drug-likeness (QED) is 0.111. The summed E-state index contributed by atoms with van der Waals surface area (Å²) in [6.45, 7) is 0. The summed E-state index contributed by atoms with van der Waals surface area (Å²) in [5, 5.41) is 64.5. The third-order valence-corrected chi connectivity index (χ3v) is 8.05. The molecular weight excluding hydrogens is 552 g/mol. The fourth-order valence-corrected chi connectivity index (χ4v) is 5.71. The molecule has 0 aromatic heterocycles. The zero-order valence-electron chi connectivity index (χ0n) is 23.9. The Morgan fingerprint density at radius 2 is 0.568 bits per heavy atom. The number of benzene rings is 6. The molecule has 0 unspecified atom stereocenters. The van der Waals surface area contributed by atoms with E-state index in [4.69, 9.17) is 0 Å². The Kier molecular flexibility index (Phi) is 7.73. The number of hydrogen-bond donors (Lipinski definition) is 6. The Morgan fingerprint density at radius 3 is 0.841 bits per heavy atom. The van der Waals surface area contributed by atoms with E-state index in [0.29, 0.717) is 47.9 Å². The van der Waals surface area contributed by atoms with Crippen LogP contribution in [0, 0.1) is 0 Å². The lowest BCUT2D eigenvalue weighted by Gasteiger charge is -2.20. The van der Waals surface area contributed by atoms with E-state index in [0.717, 1.165) is 33.0 Å². The molecule has 6 nitrogen and oxygen atoms in total. The average Bonchev–Trinajstić information content (AvgIpc) is 3.02. The summed E-state index contributed by atoms with van der Waals surface area (Å²) in [4.78, 5) is 0. The first-order valence-electron chi connectivity index (χ1n) is 14.4. The van der Waals surface area contributed by atoms with Gasteiger partial charge < -0.3 is 30.6 Å². The monoisotopic (exact) mass is 584 g/mol. The van der Waals surface area contributed by atoms with Crippen molar-refractivity contribution in [2.24, 2.45) is 0 Å². The summed E-state index contributed by atoms with van der Waals surface area (Å²) in [7, 11) is 0. The molecule has 6 rings (SSSR count). The Morgan fingerprint density at radius 1 is 0.318 bits per heavy atom. The number of fused-ring (bicyclic) bond motifs is 1. The summed E-state index contributed by atoms with van der Waals surface area (Å²) in [6, 6.07) is 31.3. The first-order valence-corrected chi connectivity index (χ1v) is 14.4. The van der Waals surface area contributed by atoms with E-state index >= 15 is 0 Å². The van der Waals surface area contributed by atoms with Gasteiger partial charge in [0.25, 0.3) is 0 Å². The Balaban J connectivity index is 1.58. The van der Waals surface area contributed by atoms with Crippen LogP contribution in [0.3, 0.4) is 0 Å². The van der Waals surface area contributed by atoms with Crippen molar-refractivity contribution in [1.82, 2.24) is 0 Å². The van der Waals surface area contributed by atoms with E-state index in [-0.39, 0.29) is 34.5 Å². The maximum atomic E-state index is 11.8. The van der Waals surface area contributed by atoms with Crippen LogP contribution in [-0.4, -0.2) is 30.6 Å². The molecule has 6 N–H and O–H groups in total. The van der Waals surface area contributed by atoms with E-state index in [2.05, 4.69) is 0 Å². The normalized spacial score (nSPS) is 11.2. The average molecular weight is 585 g/mol. The van der Waals surface area contributed by atoms with Gasteiger partial charge in [-0.15, -0.1) is 0 Å². The molecule has 0 saturated carbocycles. The van der Waals surface area contributed by atoms with Gasteiger partial charge in [-0.1, -0.05) is 48.5 Å². The summed E-state index contributed by atoms with van der Waals surface area (Å²) < 4.78 is 0. The van der Waals surface area contributed by atoms with Gasteiger partial charge in [-0.25, -0.2) is 0 Å². The molecule has 44 heavy (non-hydrogen) atoms. The third kappa shape index (κ3) is 6.10. The van der Waals surface area contributed by atoms with E-state index in [9.17, 15) is 30.6 Å². The first-order chi connectivity index (χ1) is 21.2. The van der Waals surface area contributed by atoms with E-state index in [1.165, 1.54) is 0 Å². The molecule has 0 aliphatic carbocycles. The van der Waals surface area contributed by atoms with Crippen LogP contribution in [0.1, 0.15) is 44.5 Å². The van der Waals surface area contributed by atoms with E-state index in [1.807, 2.05) is 60.7 Å². The van der Waals surface area contributed by atoms with Crippen LogP contribution < -0.4 is 0 Å². The lowest BCUT2D eigenvalue weighted by Crippen LogP contribution is -2.02. The zero-order chi connectivity index (χ0) is 30.8. The summed E-state index contributed by atoms with van der Waals surface area (Å²) in [5.41, 5.74) is 6.34. The van der Waals surface area contributed by atoms with Crippen molar-refractivity contribution in [1.29, 1.82) is 0 Å². The minimum absolute atomic E-state index is 0.149. The Bertz CT molecular complexity index is 1780. The fraction of sp³-hybridized carbons (Fsp3) is 0.105. The Labute approximate surface area is 255 Å². The van der Waals surface area contributed by atoms with Gasteiger partial charge in [0.2, 0.25) is 0 Å². The summed E-state index contributed by atoms with van der Waals surface area (Å²) >= 11 is 0. The molecule has 220 valence electrons. The number of phenolic OH excluding ortho intramolecular Hbond substituents is 6. The number of phenols is 6. The molecule has 0 heterocycles. The maximum absolute atomic E-state index is 11.8. The summed E-state index contributed by atoms with van der Waals surface area (Å²) in [5.74, 6) is 0.923. The van der Waals surface area contributed by atoms with Crippen LogP contribution in [0.15, 0.2) is 109 Å². The van der Waals surface area contributed by atoms with Gasteiger partial charge in [0.05, 0.1) is 0 Å². The zero-order valence-corrected chi connectivity index (χ0v) is 23.9. The SMILES string of the molecule is Oc1ccc(Cc2cc3c(Cc4ccc(O)cc4)c(O)c(Cc4ccc(O)cc4)cc3c(Cc3ccc(O)cc3)c2O)cc1. The minimum atomic E-state index is 0.149. The molecule has 6 heteroatoms. The highest BCUT2D eigenvalue weighted by Crippen LogP contribution is 2.42. The smallest absolute Gasteiger partial charge is 0.123 e. The van der Waals surface area contributed by atoms with Crippen LogP contribution in [-0.2, 0) is 25.7 Å². The van der Waals surface area contributed by atoms with Crippen molar-refractivity contribution >= 4 is 10.8 Å². The first kappa shape index (κ1) is 28.5. The van der Waals surface area contributed by atoms with Crippen LogP contribution in [0.4, 0.5) is 0 Å². The lowest BCUT2D eigenvalue weighted by atomic mass is 9.86. The second kappa shape index (κ2) is 11.9. The molecule has 0 saturated heterocycles. The molecule has 0 atom stereocenters. The van der Waals surface area contributed by atoms with Gasteiger partial charge in [-0.3, -0.25) is 0 Å². The molecule has 0 spiro atoms. The van der Waals surface area contributed by atoms with Crippen molar-refractivity contribution in [3.63, 3.8) is 0 Å². The van der Waals surface area contributed by atoms with Crippen molar-refractivity contribution < 1.29 is 30.6 Å². The number of rotatable bonds is 8. The van der Waals surface area contributed by atoms with E-state index < -0.39 is 0 Å². The van der Waals surface area contributed by atoms with Crippen molar-refractivity contribution in [3.8, 4) is 34.5 Å². The van der Waals surface area contributed by atoms with Gasteiger partial charge in [0.1, 0.15) is 34.5 Å². The second-order valence-electron chi connectivity index (χ2n) is 11.2. The minimum Gasteiger partial charge on any atom is -0.508 e. The second-order valence-corrected chi connectivity index (χ2v) is 11.2. The molecular formula is C38H32O6. The molecule has 0 bridgehead atoms. The highest BCUT2D eigenvalue weighted by atomic mass is 16.3. The lowest BCUT2D eigenvalue weighted by molar-refractivity contribution is 0.462. The van der Waals surface area contributed by atoms with Crippen molar-refractivity contribution in [2.75, 3.05) is 0 Å². The Hall–Kier alpha value is -5.62. The number of aromatic hydroxyl groups is 6. The molecule has 0 radical (unpaired) electrons. The predicted octanol–water partition coefficient (Wildman–Crippen LogP) is 7.44. The highest BCUT2D eigenvalue weighted by Gasteiger charge is 2.21.